The molecule has 2 heterocycles. The lowest BCUT2D eigenvalue weighted by molar-refractivity contribution is 0.00578. The summed E-state index contributed by atoms with van der Waals surface area (Å²) in [7, 11) is -0.426. The van der Waals surface area contributed by atoms with Gasteiger partial charge in [-0.25, -0.2) is 0 Å². The summed E-state index contributed by atoms with van der Waals surface area (Å²) in [5.41, 5.74) is 3.47. The number of hydrogen-bond acceptors (Lipinski definition) is 3. The molecule has 0 radical (unpaired) electrons. The van der Waals surface area contributed by atoms with E-state index in [-0.39, 0.29) is 11.2 Å². The van der Waals surface area contributed by atoms with Crippen molar-refractivity contribution in [3.05, 3.63) is 66.9 Å². The molecule has 1 saturated heterocycles. The van der Waals surface area contributed by atoms with Crippen LogP contribution in [0.2, 0.25) is 0 Å². The van der Waals surface area contributed by atoms with Crippen LogP contribution in [0.1, 0.15) is 27.7 Å². The Morgan fingerprint density at radius 2 is 1.50 bits per heavy atom. The van der Waals surface area contributed by atoms with Gasteiger partial charge in [0.15, 0.2) is 0 Å². The van der Waals surface area contributed by atoms with E-state index in [1.807, 2.05) is 12.1 Å². The summed E-state index contributed by atoms with van der Waals surface area (Å²) < 4.78 is 18.7. The van der Waals surface area contributed by atoms with Gasteiger partial charge in [0.05, 0.1) is 17.5 Å². The predicted octanol–water partition coefficient (Wildman–Crippen LogP) is 5.55. The highest BCUT2D eigenvalue weighted by Crippen LogP contribution is 2.39. The fourth-order valence-corrected chi connectivity index (χ4v) is 3.94. The van der Waals surface area contributed by atoms with E-state index in [1.54, 1.807) is 6.26 Å². The second-order valence-corrected chi connectivity index (χ2v) is 8.49. The van der Waals surface area contributed by atoms with Gasteiger partial charge in [-0.2, -0.15) is 0 Å². The molecule has 1 aliphatic rings. The Hall–Kier alpha value is -2.56. The third-order valence-corrected chi connectivity index (χ3v) is 6.20. The minimum absolute atomic E-state index is 0.383. The fourth-order valence-electron chi connectivity index (χ4n) is 3.94. The molecule has 0 unspecified atom stereocenters. The Morgan fingerprint density at radius 3 is 2.21 bits per heavy atom. The van der Waals surface area contributed by atoms with Gasteiger partial charge in [0.2, 0.25) is 0 Å². The van der Waals surface area contributed by atoms with Crippen LogP contribution < -0.4 is 5.46 Å². The Balaban J connectivity index is 1.75. The van der Waals surface area contributed by atoms with E-state index in [1.165, 1.54) is 11.1 Å². The number of rotatable bonds is 2. The topological polar surface area (TPSA) is 31.6 Å². The summed E-state index contributed by atoms with van der Waals surface area (Å²) in [6.07, 6.45) is 1.76. The van der Waals surface area contributed by atoms with Crippen molar-refractivity contribution in [2.24, 2.45) is 0 Å². The highest BCUT2D eigenvalue weighted by atomic mass is 16.7. The number of benzene rings is 3. The normalized spacial score (nSPS) is 18.2. The number of furan rings is 1. The van der Waals surface area contributed by atoms with Crippen molar-refractivity contribution in [3.63, 3.8) is 0 Å². The van der Waals surface area contributed by atoms with Crippen LogP contribution in [0.25, 0.3) is 32.9 Å². The number of hydrogen-bond donors (Lipinski definition) is 0. The zero-order chi connectivity index (χ0) is 19.5. The van der Waals surface area contributed by atoms with Crippen molar-refractivity contribution in [2.75, 3.05) is 0 Å². The smallest absolute Gasteiger partial charge is 0.464 e. The summed E-state index contributed by atoms with van der Waals surface area (Å²) in [4.78, 5) is 0. The summed E-state index contributed by atoms with van der Waals surface area (Å²) in [5, 5.41) is 3.27. The van der Waals surface area contributed by atoms with E-state index in [4.69, 9.17) is 13.7 Å². The first-order valence-corrected chi connectivity index (χ1v) is 9.71. The summed E-state index contributed by atoms with van der Waals surface area (Å²) >= 11 is 0. The third kappa shape index (κ3) is 2.52. The first-order chi connectivity index (χ1) is 13.4. The van der Waals surface area contributed by atoms with Crippen molar-refractivity contribution < 1.29 is 13.7 Å². The molecule has 1 aromatic heterocycles. The van der Waals surface area contributed by atoms with Gasteiger partial charge in [-0.05, 0) is 61.8 Å². The van der Waals surface area contributed by atoms with Crippen LogP contribution in [-0.2, 0) is 9.31 Å². The SMILES string of the molecule is CC1(C)OB(c2cccc3cc(-c4ccccc4)c4ccoc4c23)OC1(C)C. The summed E-state index contributed by atoms with van der Waals surface area (Å²) in [5.74, 6) is 0. The van der Waals surface area contributed by atoms with Crippen molar-refractivity contribution in [3.8, 4) is 11.1 Å². The zero-order valence-electron chi connectivity index (χ0n) is 16.7. The van der Waals surface area contributed by atoms with Gasteiger partial charge in [-0.3, -0.25) is 0 Å². The fraction of sp³-hybridized carbons (Fsp3) is 0.250. The molecule has 4 heteroatoms. The van der Waals surface area contributed by atoms with Gasteiger partial charge >= 0.3 is 7.12 Å². The second-order valence-electron chi connectivity index (χ2n) is 8.49. The minimum atomic E-state index is -0.426. The van der Waals surface area contributed by atoms with E-state index in [2.05, 4.69) is 76.2 Å². The van der Waals surface area contributed by atoms with Gasteiger partial charge in [0.25, 0.3) is 0 Å². The molecule has 1 fully saturated rings. The number of fused-ring (bicyclic) bond motifs is 3. The van der Waals surface area contributed by atoms with Crippen LogP contribution in [-0.4, -0.2) is 18.3 Å². The van der Waals surface area contributed by atoms with Crippen LogP contribution in [0.5, 0.6) is 0 Å². The quantitative estimate of drug-likeness (QED) is 0.434. The zero-order valence-corrected chi connectivity index (χ0v) is 16.7. The van der Waals surface area contributed by atoms with Crippen LogP contribution in [0.15, 0.2) is 71.3 Å². The molecule has 0 spiro atoms. The van der Waals surface area contributed by atoms with Crippen molar-refractivity contribution in [1.29, 1.82) is 0 Å². The van der Waals surface area contributed by atoms with Gasteiger partial charge in [-0.1, -0.05) is 48.5 Å². The van der Waals surface area contributed by atoms with Crippen LogP contribution >= 0.6 is 0 Å². The highest BCUT2D eigenvalue weighted by molar-refractivity contribution is 6.66. The molecule has 28 heavy (non-hydrogen) atoms. The highest BCUT2D eigenvalue weighted by Gasteiger charge is 2.52. The van der Waals surface area contributed by atoms with Crippen LogP contribution in [0, 0.1) is 0 Å². The molecule has 0 saturated carbocycles. The van der Waals surface area contributed by atoms with E-state index < -0.39 is 7.12 Å². The van der Waals surface area contributed by atoms with E-state index in [0.29, 0.717) is 0 Å². The Bertz CT molecular complexity index is 1160. The Morgan fingerprint density at radius 1 is 0.786 bits per heavy atom. The average molecular weight is 370 g/mol. The molecule has 0 atom stereocenters. The third-order valence-electron chi connectivity index (χ3n) is 6.20. The molecule has 4 aromatic rings. The molecule has 5 rings (SSSR count). The van der Waals surface area contributed by atoms with Crippen molar-refractivity contribution >= 4 is 34.3 Å². The minimum Gasteiger partial charge on any atom is -0.464 e. The largest absolute Gasteiger partial charge is 0.495 e. The second kappa shape index (κ2) is 5.97. The molecular weight excluding hydrogens is 347 g/mol. The maximum absolute atomic E-state index is 6.33. The molecular formula is C24H23BO3. The molecule has 0 amide bonds. The first-order valence-electron chi connectivity index (χ1n) is 9.71. The maximum Gasteiger partial charge on any atom is 0.495 e. The molecule has 0 N–H and O–H groups in total. The van der Waals surface area contributed by atoms with Gasteiger partial charge < -0.3 is 13.7 Å². The van der Waals surface area contributed by atoms with Crippen LogP contribution in [0.4, 0.5) is 0 Å². The van der Waals surface area contributed by atoms with Crippen molar-refractivity contribution in [2.45, 2.75) is 38.9 Å². The van der Waals surface area contributed by atoms with E-state index in [0.717, 1.165) is 27.2 Å². The molecule has 1 aliphatic heterocycles. The monoisotopic (exact) mass is 370 g/mol. The maximum atomic E-state index is 6.33. The first kappa shape index (κ1) is 17.5. The van der Waals surface area contributed by atoms with Crippen LogP contribution in [0.3, 0.4) is 0 Å². The Kier molecular flexibility index (Phi) is 3.74. The van der Waals surface area contributed by atoms with Gasteiger partial charge in [-0.15, -0.1) is 0 Å². The average Bonchev–Trinajstić information content (AvgIpc) is 3.23. The Labute approximate surface area is 165 Å². The molecule has 3 aromatic carbocycles. The lowest BCUT2D eigenvalue weighted by Gasteiger charge is -2.32. The van der Waals surface area contributed by atoms with E-state index in [9.17, 15) is 0 Å². The predicted molar refractivity (Wildman–Crippen MR) is 115 cm³/mol. The molecule has 0 aliphatic carbocycles. The summed E-state index contributed by atoms with van der Waals surface area (Å²) in [6.45, 7) is 8.31. The van der Waals surface area contributed by atoms with E-state index >= 15 is 0 Å². The summed E-state index contributed by atoms with van der Waals surface area (Å²) in [6, 6.07) is 21.0. The molecule has 3 nitrogen and oxygen atoms in total. The lowest BCUT2D eigenvalue weighted by Crippen LogP contribution is -2.41. The molecule has 0 bridgehead atoms. The molecule has 140 valence electrons. The standard InChI is InChI=1S/C24H23BO3/c1-23(2)24(3,4)28-25(27-23)20-12-8-11-17-15-19(16-9-6-5-7-10-16)18-13-14-26-22(18)21(17)20/h5-15H,1-4H3. The lowest BCUT2D eigenvalue weighted by atomic mass is 9.75. The van der Waals surface area contributed by atoms with Gasteiger partial charge in [0.1, 0.15) is 5.58 Å². The van der Waals surface area contributed by atoms with Crippen molar-refractivity contribution in [1.82, 2.24) is 0 Å². The van der Waals surface area contributed by atoms with Gasteiger partial charge in [0, 0.05) is 10.8 Å².